The zero-order chi connectivity index (χ0) is 33.1. The third kappa shape index (κ3) is 8.80. The van der Waals surface area contributed by atoms with Crippen LogP contribution >= 0.6 is 0 Å². The zero-order valence-electron chi connectivity index (χ0n) is 26.0. The number of nitrogens with zero attached hydrogens (tertiary/aromatic N) is 2. The lowest BCUT2D eigenvalue weighted by Gasteiger charge is -2.36. The molecule has 0 saturated carbocycles. The monoisotopic (exact) mass is 632 g/mol. The highest BCUT2D eigenvalue weighted by molar-refractivity contribution is 5.96. The molecule has 1 aliphatic rings. The van der Waals surface area contributed by atoms with Gasteiger partial charge in [0.05, 0.1) is 33.1 Å². The number of amides is 2. The molecule has 4 rings (SSSR count). The Morgan fingerprint density at radius 3 is 2.39 bits per heavy atom. The van der Waals surface area contributed by atoms with Gasteiger partial charge in [-0.2, -0.15) is 0 Å². The molecule has 3 aromatic carbocycles. The van der Waals surface area contributed by atoms with Crippen LogP contribution in [0.3, 0.4) is 0 Å². The summed E-state index contributed by atoms with van der Waals surface area (Å²) < 4.78 is 16.8. The number of carbonyl (C=O) groups is 3. The fourth-order valence-electron chi connectivity index (χ4n) is 5.13. The first-order valence-electron chi connectivity index (χ1n) is 14.9. The Labute approximate surface area is 267 Å². The first-order valence-corrected chi connectivity index (χ1v) is 14.9. The molecule has 46 heavy (non-hydrogen) atoms. The minimum Gasteiger partial charge on any atom is -0.496 e. The predicted molar refractivity (Wildman–Crippen MR) is 174 cm³/mol. The van der Waals surface area contributed by atoms with E-state index in [1.165, 1.54) is 7.11 Å². The van der Waals surface area contributed by atoms with Crippen molar-refractivity contribution >= 4 is 35.0 Å². The lowest BCUT2D eigenvalue weighted by atomic mass is 10.0. The van der Waals surface area contributed by atoms with Gasteiger partial charge in [0.1, 0.15) is 29.1 Å². The van der Waals surface area contributed by atoms with Gasteiger partial charge in [-0.3, -0.25) is 19.8 Å². The van der Waals surface area contributed by atoms with Crippen molar-refractivity contribution in [1.82, 2.24) is 10.2 Å². The number of piperazine rings is 1. The summed E-state index contributed by atoms with van der Waals surface area (Å²) in [7, 11) is 3.10. The molecule has 13 nitrogen and oxygen atoms in total. The number of aliphatic carboxylic acids is 1. The molecule has 0 aromatic heterocycles. The Hall–Kier alpha value is -5.46. The van der Waals surface area contributed by atoms with Crippen molar-refractivity contribution in [2.45, 2.75) is 18.9 Å². The lowest BCUT2D eigenvalue weighted by Crippen LogP contribution is -2.51. The number of ether oxygens (including phenoxy) is 3. The molecule has 1 fully saturated rings. The number of carbonyl (C=O) groups excluding carboxylic acids is 2. The van der Waals surface area contributed by atoms with Crippen molar-refractivity contribution in [2.75, 3.05) is 63.8 Å². The third-order valence-electron chi connectivity index (χ3n) is 7.54. The van der Waals surface area contributed by atoms with Crippen molar-refractivity contribution in [1.29, 1.82) is 5.41 Å². The van der Waals surface area contributed by atoms with Crippen LogP contribution in [0, 0.1) is 5.41 Å². The van der Waals surface area contributed by atoms with Gasteiger partial charge in [-0.15, -0.1) is 0 Å². The van der Waals surface area contributed by atoms with Gasteiger partial charge in [0.25, 0.3) is 0 Å². The van der Waals surface area contributed by atoms with Gasteiger partial charge in [-0.1, -0.05) is 24.3 Å². The van der Waals surface area contributed by atoms with Crippen molar-refractivity contribution in [2.24, 2.45) is 5.73 Å². The molecule has 0 aliphatic carbocycles. The van der Waals surface area contributed by atoms with E-state index in [0.717, 1.165) is 11.4 Å². The van der Waals surface area contributed by atoms with Crippen LogP contribution in [0.4, 0.5) is 11.4 Å². The first-order chi connectivity index (χ1) is 22.2. The van der Waals surface area contributed by atoms with E-state index in [4.69, 9.17) is 30.5 Å². The van der Waals surface area contributed by atoms with Crippen molar-refractivity contribution in [3.05, 3.63) is 77.9 Å². The second-order valence-corrected chi connectivity index (χ2v) is 10.6. The van der Waals surface area contributed by atoms with Crippen LogP contribution in [-0.2, 0) is 14.4 Å². The van der Waals surface area contributed by atoms with Crippen LogP contribution in [0.25, 0.3) is 0 Å². The van der Waals surface area contributed by atoms with Crippen LogP contribution in [0.15, 0.2) is 66.7 Å². The second kappa shape index (κ2) is 16.0. The quantitative estimate of drug-likeness (QED) is 0.0950. The number of nitrogens with two attached hydrogens (primary N) is 1. The van der Waals surface area contributed by atoms with Crippen molar-refractivity contribution in [3.8, 4) is 17.2 Å². The molecule has 2 amide bonds. The number of para-hydroxylation sites is 2. The van der Waals surface area contributed by atoms with Gasteiger partial charge in [-0.25, -0.2) is 0 Å². The molecule has 0 bridgehead atoms. The van der Waals surface area contributed by atoms with Crippen LogP contribution in [0.1, 0.15) is 30.0 Å². The van der Waals surface area contributed by atoms with Gasteiger partial charge < -0.3 is 45.5 Å². The largest absolute Gasteiger partial charge is 0.496 e. The predicted octanol–water partition coefficient (Wildman–Crippen LogP) is 2.85. The highest BCUT2D eigenvalue weighted by atomic mass is 16.5. The molecule has 0 radical (unpaired) electrons. The Morgan fingerprint density at radius 1 is 0.957 bits per heavy atom. The minimum absolute atomic E-state index is 0.0170. The van der Waals surface area contributed by atoms with E-state index in [9.17, 15) is 14.4 Å². The molecule has 1 saturated heterocycles. The number of carboxylic acids is 1. The summed E-state index contributed by atoms with van der Waals surface area (Å²) in [6.07, 6.45) is 0.318. The molecule has 6 N–H and O–H groups in total. The van der Waals surface area contributed by atoms with Crippen LogP contribution < -0.4 is 35.5 Å². The Bertz CT molecular complexity index is 1540. The van der Waals surface area contributed by atoms with Gasteiger partial charge >= 0.3 is 5.97 Å². The van der Waals surface area contributed by atoms with Crippen LogP contribution in [-0.4, -0.2) is 87.2 Å². The summed E-state index contributed by atoms with van der Waals surface area (Å²) in [6, 6.07) is 18.5. The molecule has 1 aliphatic heterocycles. The number of methoxy groups -OCH3 is 2. The fourth-order valence-corrected chi connectivity index (χ4v) is 5.13. The van der Waals surface area contributed by atoms with Crippen LogP contribution in [0.5, 0.6) is 17.2 Å². The number of amidine groups is 1. The Kier molecular flexibility index (Phi) is 11.6. The summed E-state index contributed by atoms with van der Waals surface area (Å²) in [6.45, 7) is 2.23. The third-order valence-corrected chi connectivity index (χ3v) is 7.54. The summed E-state index contributed by atoms with van der Waals surface area (Å²) in [5.74, 6) is -0.127. The SMILES string of the molecule is COc1cc(OCCCC(=O)O)ccc1C(Nc1cccc(C(=N)N)c1)C(=O)NCC(=O)N1CCN(c2ccccc2OC)CC1. The molecule has 13 heteroatoms. The zero-order valence-corrected chi connectivity index (χ0v) is 26.0. The van der Waals surface area contributed by atoms with E-state index in [-0.39, 0.29) is 31.3 Å². The fraction of sp³-hybridized carbons (Fsp3) is 0.333. The second-order valence-electron chi connectivity index (χ2n) is 10.6. The number of nitrogen functional groups attached to an aromatic ring is 1. The average molecular weight is 633 g/mol. The number of rotatable bonds is 15. The molecular formula is C33H40N6O7. The maximum Gasteiger partial charge on any atom is 0.303 e. The van der Waals surface area contributed by atoms with Gasteiger partial charge in [0.15, 0.2) is 0 Å². The molecule has 3 aromatic rings. The molecular weight excluding hydrogens is 592 g/mol. The maximum atomic E-state index is 13.7. The standard InChI is InChI=1S/C33H40N6O7/c1-44-27-10-4-3-9-26(27)38-14-16-39(17-15-38)29(40)21-36-33(43)31(37-23-8-5-7-22(19-23)32(34)35)25-13-12-24(20-28(25)45-2)46-18-6-11-30(41)42/h3-5,7-10,12-13,19-20,31,37H,6,11,14-18,21H2,1-2H3,(H3,34,35)(H,36,43)(H,41,42). The van der Waals surface area contributed by atoms with Gasteiger partial charge in [-0.05, 0) is 42.8 Å². The van der Waals surface area contributed by atoms with Gasteiger partial charge in [0, 0.05) is 55.5 Å². The normalized spacial score (nSPS) is 13.3. The number of hydrogen-bond donors (Lipinski definition) is 5. The Morgan fingerprint density at radius 2 is 1.70 bits per heavy atom. The Balaban J connectivity index is 1.46. The van der Waals surface area contributed by atoms with E-state index in [2.05, 4.69) is 15.5 Å². The summed E-state index contributed by atoms with van der Waals surface area (Å²) in [5, 5.41) is 22.6. The number of anilines is 2. The molecule has 1 unspecified atom stereocenters. The van der Waals surface area contributed by atoms with E-state index in [1.54, 1.807) is 54.5 Å². The lowest BCUT2D eigenvalue weighted by molar-refractivity contribution is -0.137. The number of nitrogens with one attached hydrogen (secondary N) is 3. The molecule has 1 atom stereocenters. The molecule has 1 heterocycles. The summed E-state index contributed by atoms with van der Waals surface area (Å²) in [5.41, 5.74) is 8.13. The van der Waals surface area contributed by atoms with Crippen LogP contribution in [0.2, 0.25) is 0 Å². The van der Waals surface area contributed by atoms with Crippen molar-refractivity contribution < 1.29 is 33.7 Å². The first kappa shape index (κ1) is 33.4. The van der Waals surface area contributed by atoms with E-state index in [0.29, 0.717) is 60.9 Å². The molecule has 244 valence electrons. The van der Waals surface area contributed by atoms with E-state index in [1.807, 2.05) is 24.3 Å². The minimum atomic E-state index is -0.992. The highest BCUT2D eigenvalue weighted by Crippen LogP contribution is 2.32. The van der Waals surface area contributed by atoms with Crippen molar-refractivity contribution in [3.63, 3.8) is 0 Å². The number of benzene rings is 3. The highest BCUT2D eigenvalue weighted by Gasteiger charge is 2.27. The topological polar surface area (TPSA) is 180 Å². The van der Waals surface area contributed by atoms with E-state index >= 15 is 0 Å². The summed E-state index contributed by atoms with van der Waals surface area (Å²) >= 11 is 0. The molecule has 0 spiro atoms. The van der Waals surface area contributed by atoms with E-state index < -0.39 is 17.9 Å². The summed E-state index contributed by atoms with van der Waals surface area (Å²) in [4.78, 5) is 41.6. The van der Waals surface area contributed by atoms with Gasteiger partial charge in [0.2, 0.25) is 11.8 Å². The maximum absolute atomic E-state index is 13.7. The number of carboxylic acid groups (broad SMARTS) is 1. The number of hydrogen-bond acceptors (Lipinski definition) is 9. The average Bonchev–Trinajstić information content (AvgIpc) is 3.08. The smallest absolute Gasteiger partial charge is 0.303 e.